The number of carbonyl (C=O) groups excluding carboxylic acids is 1. The van der Waals surface area contributed by atoms with Crippen LogP contribution >= 0.6 is 11.6 Å². The van der Waals surface area contributed by atoms with Crippen LogP contribution in [0.5, 0.6) is 5.75 Å². The maximum absolute atomic E-state index is 12.1. The number of benzene rings is 2. The molecule has 2 rings (SSSR count). The molecule has 0 unspecified atom stereocenters. The van der Waals surface area contributed by atoms with Crippen molar-refractivity contribution in [3.05, 3.63) is 57.6 Å². The molecule has 0 saturated carbocycles. The van der Waals surface area contributed by atoms with Crippen molar-refractivity contribution in [3.63, 3.8) is 0 Å². The maximum Gasteiger partial charge on any atom is 0.347 e. The van der Waals surface area contributed by atoms with E-state index in [9.17, 15) is 19.7 Å². The SMILES string of the molecule is CC(C)(Oc1ccc(NC(=O)Nc2cc([N+](=O)[O-])ccc2Cl)cc1)C(=O)O. The number of halogens is 1. The summed E-state index contributed by atoms with van der Waals surface area (Å²) >= 11 is 5.93. The molecule has 10 heteroatoms. The number of amides is 2. The first-order chi connectivity index (χ1) is 12.6. The third-order valence-corrected chi connectivity index (χ3v) is 3.74. The van der Waals surface area contributed by atoms with Gasteiger partial charge in [-0.2, -0.15) is 0 Å². The van der Waals surface area contributed by atoms with Crippen LogP contribution < -0.4 is 15.4 Å². The van der Waals surface area contributed by atoms with Gasteiger partial charge in [-0.05, 0) is 44.2 Å². The quantitative estimate of drug-likeness (QED) is 0.499. The normalized spacial score (nSPS) is 10.8. The molecule has 0 aliphatic heterocycles. The molecule has 0 spiro atoms. The van der Waals surface area contributed by atoms with Gasteiger partial charge in [-0.1, -0.05) is 11.6 Å². The zero-order chi connectivity index (χ0) is 20.2. The molecule has 2 aromatic carbocycles. The predicted molar refractivity (Wildman–Crippen MR) is 99.5 cm³/mol. The summed E-state index contributed by atoms with van der Waals surface area (Å²) < 4.78 is 5.36. The lowest BCUT2D eigenvalue weighted by Crippen LogP contribution is -2.37. The lowest BCUT2D eigenvalue weighted by atomic mass is 10.1. The molecular weight excluding hydrogens is 378 g/mol. The molecule has 0 heterocycles. The van der Waals surface area contributed by atoms with Crippen LogP contribution in [0.15, 0.2) is 42.5 Å². The van der Waals surface area contributed by atoms with E-state index in [1.165, 1.54) is 50.2 Å². The van der Waals surface area contributed by atoms with Gasteiger partial charge in [0.25, 0.3) is 5.69 Å². The number of anilines is 2. The Morgan fingerprint density at radius 3 is 2.33 bits per heavy atom. The molecule has 2 aromatic rings. The molecule has 0 atom stereocenters. The third-order valence-electron chi connectivity index (χ3n) is 3.41. The monoisotopic (exact) mass is 393 g/mol. The minimum Gasteiger partial charge on any atom is -0.478 e. The van der Waals surface area contributed by atoms with E-state index < -0.39 is 22.5 Å². The summed E-state index contributed by atoms with van der Waals surface area (Å²) in [6.07, 6.45) is 0. The van der Waals surface area contributed by atoms with Crippen LogP contribution in [-0.2, 0) is 4.79 Å². The van der Waals surface area contributed by atoms with Crippen molar-refractivity contribution in [3.8, 4) is 5.75 Å². The van der Waals surface area contributed by atoms with E-state index in [4.69, 9.17) is 21.4 Å². The molecule has 27 heavy (non-hydrogen) atoms. The average Bonchev–Trinajstić information content (AvgIpc) is 2.58. The number of carboxylic acid groups (broad SMARTS) is 1. The van der Waals surface area contributed by atoms with Crippen LogP contribution in [-0.4, -0.2) is 27.6 Å². The van der Waals surface area contributed by atoms with Gasteiger partial charge in [0, 0.05) is 17.8 Å². The highest BCUT2D eigenvalue weighted by molar-refractivity contribution is 6.33. The van der Waals surface area contributed by atoms with Crippen LogP contribution in [0.1, 0.15) is 13.8 Å². The van der Waals surface area contributed by atoms with Gasteiger partial charge in [-0.3, -0.25) is 10.1 Å². The lowest BCUT2D eigenvalue weighted by Gasteiger charge is -2.21. The van der Waals surface area contributed by atoms with Crippen LogP contribution in [0.2, 0.25) is 5.02 Å². The number of nitrogens with one attached hydrogen (secondary N) is 2. The van der Waals surface area contributed by atoms with E-state index in [0.717, 1.165) is 6.07 Å². The van der Waals surface area contributed by atoms with E-state index >= 15 is 0 Å². The Balaban J connectivity index is 2.03. The second-order valence-corrected chi connectivity index (χ2v) is 6.35. The van der Waals surface area contributed by atoms with Gasteiger partial charge in [0.2, 0.25) is 0 Å². The number of nitro benzene ring substituents is 1. The van der Waals surface area contributed by atoms with Gasteiger partial charge < -0.3 is 20.5 Å². The molecule has 3 N–H and O–H groups in total. The van der Waals surface area contributed by atoms with Crippen molar-refractivity contribution in [2.24, 2.45) is 0 Å². The lowest BCUT2D eigenvalue weighted by molar-refractivity contribution is -0.384. The number of carboxylic acids is 1. The maximum atomic E-state index is 12.1. The van der Waals surface area contributed by atoms with Crippen molar-refractivity contribution < 1.29 is 24.4 Å². The molecule has 142 valence electrons. The molecule has 2 amide bonds. The Kier molecular flexibility index (Phi) is 5.86. The van der Waals surface area contributed by atoms with Crippen LogP contribution in [0.4, 0.5) is 21.9 Å². The summed E-state index contributed by atoms with van der Waals surface area (Å²) in [6.45, 7) is 2.83. The molecule has 0 bridgehead atoms. The van der Waals surface area contributed by atoms with Crippen LogP contribution in [0.25, 0.3) is 0 Å². The Labute approximate surface area is 159 Å². The Morgan fingerprint density at radius 2 is 1.78 bits per heavy atom. The first-order valence-corrected chi connectivity index (χ1v) is 8.01. The van der Waals surface area contributed by atoms with E-state index in [0.29, 0.717) is 11.4 Å². The van der Waals surface area contributed by atoms with Crippen LogP contribution in [0, 0.1) is 10.1 Å². The molecular formula is C17H16ClN3O6. The number of hydrogen-bond donors (Lipinski definition) is 3. The second-order valence-electron chi connectivity index (χ2n) is 5.94. The zero-order valence-corrected chi connectivity index (χ0v) is 15.1. The van der Waals surface area contributed by atoms with Crippen molar-refractivity contribution in [2.75, 3.05) is 10.6 Å². The number of non-ortho nitro benzene ring substituents is 1. The largest absolute Gasteiger partial charge is 0.478 e. The van der Waals surface area contributed by atoms with Gasteiger partial charge >= 0.3 is 12.0 Å². The Hall–Kier alpha value is -3.33. The molecule has 0 aromatic heterocycles. The number of aliphatic carboxylic acids is 1. The summed E-state index contributed by atoms with van der Waals surface area (Å²) in [5, 5.41) is 25.0. The van der Waals surface area contributed by atoms with Crippen molar-refractivity contribution in [1.82, 2.24) is 0 Å². The highest BCUT2D eigenvalue weighted by Gasteiger charge is 2.29. The number of urea groups is 1. The fraction of sp³-hybridized carbons (Fsp3) is 0.176. The first-order valence-electron chi connectivity index (χ1n) is 7.63. The molecule has 9 nitrogen and oxygen atoms in total. The summed E-state index contributed by atoms with van der Waals surface area (Å²) in [4.78, 5) is 33.3. The van der Waals surface area contributed by atoms with E-state index in [-0.39, 0.29) is 16.4 Å². The molecule has 0 aliphatic carbocycles. The second kappa shape index (κ2) is 7.92. The average molecular weight is 394 g/mol. The summed E-state index contributed by atoms with van der Waals surface area (Å²) in [5.74, 6) is -0.798. The summed E-state index contributed by atoms with van der Waals surface area (Å²) in [5.41, 5.74) is -1.12. The minimum absolute atomic E-state index is 0.0894. The molecule has 0 saturated heterocycles. The Bertz CT molecular complexity index is 883. The van der Waals surface area contributed by atoms with E-state index in [1.54, 1.807) is 0 Å². The van der Waals surface area contributed by atoms with Gasteiger partial charge in [-0.25, -0.2) is 9.59 Å². The summed E-state index contributed by atoms with van der Waals surface area (Å²) in [6, 6.07) is 9.06. The zero-order valence-electron chi connectivity index (χ0n) is 14.4. The third kappa shape index (κ3) is 5.32. The number of nitrogens with zero attached hydrogens (tertiary/aromatic N) is 1. The number of carbonyl (C=O) groups is 2. The van der Waals surface area contributed by atoms with Gasteiger partial charge in [0.15, 0.2) is 5.60 Å². The number of nitro groups is 1. The van der Waals surface area contributed by atoms with E-state index in [2.05, 4.69) is 10.6 Å². The van der Waals surface area contributed by atoms with Crippen LogP contribution in [0.3, 0.4) is 0 Å². The van der Waals surface area contributed by atoms with Gasteiger partial charge in [0.1, 0.15) is 5.75 Å². The fourth-order valence-electron chi connectivity index (χ4n) is 1.95. The molecule has 0 aliphatic rings. The highest BCUT2D eigenvalue weighted by atomic mass is 35.5. The Morgan fingerprint density at radius 1 is 1.15 bits per heavy atom. The fourth-order valence-corrected chi connectivity index (χ4v) is 2.12. The van der Waals surface area contributed by atoms with Crippen molar-refractivity contribution >= 4 is 40.7 Å². The first kappa shape index (κ1) is 20.0. The number of ether oxygens (including phenoxy) is 1. The summed E-state index contributed by atoms with van der Waals surface area (Å²) in [7, 11) is 0. The topological polar surface area (TPSA) is 131 Å². The number of hydrogen-bond acceptors (Lipinski definition) is 5. The smallest absolute Gasteiger partial charge is 0.347 e. The molecule has 0 fully saturated rings. The van der Waals surface area contributed by atoms with Crippen molar-refractivity contribution in [1.29, 1.82) is 0 Å². The standard InChI is InChI=1S/C17H16ClN3O6/c1-17(2,15(22)23)27-12-6-3-10(4-7-12)19-16(24)20-14-9-11(21(25)26)5-8-13(14)18/h3-9H,1-2H3,(H,22,23)(H2,19,20,24). The highest BCUT2D eigenvalue weighted by Crippen LogP contribution is 2.27. The minimum atomic E-state index is -1.40. The van der Waals surface area contributed by atoms with Crippen molar-refractivity contribution in [2.45, 2.75) is 19.4 Å². The van der Waals surface area contributed by atoms with Gasteiger partial charge in [-0.15, -0.1) is 0 Å². The predicted octanol–water partition coefficient (Wildman–Crippen LogP) is 4.13. The molecule has 0 radical (unpaired) electrons. The van der Waals surface area contributed by atoms with Gasteiger partial charge in [0.05, 0.1) is 15.6 Å². The van der Waals surface area contributed by atoms with E-state index in [1.807, 2.05) is 0 Å². The number of rotatable bonds is 6.